The molecule has 12 heteroatoms. The molecule has 46 heavy (non-hydrogen) atoms. The first-order valence-electron chi connectivity index (χ1n) is 15.3. The van der Waals surface area contributed by atoms with Crippen molar-refractivity contribution in [3.63, 3.8) is 0 Å². The van der Waals surface area contributed by atoms with Crippen molar-refractivity contribution in [3.05, 3.63) is 131 Å². The topological polar surface area (TPSA) is 84.2 Å². The Morgan fingerprint density at radius 1 is 0.348 bits per heavy atom. The molecule has 12 nitrogen and oxygen atoms in total. The SMILES string of the molecule is Cc1cc2c(cc1C)N(n1ccnc1C)C(=C1N(n3ccnc3C)c3cc(C)c(C)cc3N1n1ccnc1C)N2n1ccnc1C. The molecule has 0 saturated heterocycles. The van der Waals surface area contributed by atoms with Gasteiger partial charge in [0.2, 0.25) is 0 Å². The summed E-state index contributed by atoms with van der Waals surface area (Å²) < 4.78 is 8.44. The van der Waals surface area contributed by atoms with Crippen LogP contribution >= 0.6 is 0 Å². The summed E-state index contributed by atoms with van der Waals surface area (Å²) in [6, 6.07) is 9.03. The molecule has 0 N–H and O–H groups in total. The monoisotopic (exact) mass is 612 g/mol. The molecule has 0 bridgehead atoms. The second-order valence-corrected chi connectivity index (χ2v) is 12.0. The van der Waals surface area contributed by atoms with Crippen LogP contribution < -0.4 is 20.0 Å². The maximum absolute atomic E-state index is 4.67. The molecule has 232 valence electrons. The first-order valence-corrected chi connectivity index (χ1v) is 15.3. The van der Waals surface area contributed by atoms with Gasteiger partial charge in [-0.05, 0) is 102 Å². The zero-order valence-corrected chi connectivity index (χ0v) is 27.3. The van der Waals surface area contributed by atoms with Crippen molar-refractivity contribution in [2.24, 2.45) is 0 Å². The molecule has 2 aliphatic heterocycles. The van der Waals surface area contributed by atoms with E-state index in [9.17, 15) is 0 Å². The number of benzene rings is 2. The number of hydrogen-bond donors (Lipinski definition) is 0. The third-order valence-electron chi connectivity index (χ3n) is 9.16. The van der Waals surface area contributed by atoms with E-state index in [2.05, 4.69) is 111 Å². The molecule has 0 spiro atoms. The number of aryl methyl sites for hydroxylation is 8. The highest BCUT2D eigenvalue weighted by Gasteiger charge is 2.46. The number of rotatable bonds is 4. The zero-order chi connectivity index (χ0) is 32.0. The Hall–Kier alpha value is -5.78. The van der Waals surface area contributed by atoms with Gasteiger partial charge in [-0.3, -0.25) is 0 Å². The van der Waals surface area contributed by atoms with Crippen LogP contribution in [0.1, 0.15) is 45.6 Å². The first-order chi connectivity index (χ1) is 22.2. The van der Waals surface area contributed by atoms with Gasteiger partial charge >= 0.3 is 0 Å². The summed E-state index contributed by atoms with van der Waals surface area (Å²) >= 11 is 0. The van der Waals surface area contributed by atoms with Gasteiger partial charge in [0.05, 0.1) is 22.7 Å². The molecule has 0 aliphatic carbocycles. The minimum atomic E-state index is 0.851. The van der Waals surface area contributed by atoms with Crippen molar-refractivity contribution in [1.29, 1.82) is 0 Å². The summed E-state index contributed by atoms with van der Waals surface area (Å²) in [4.78, 5) is 18.7. The van der Waals surface area contributed by atoms with Crippen LogP contribution in [0.3, 0.4) is 0 Å². The van der Waals surface area contributed by atoms with E-state index in [-0.39, 0.29) is 0 Å². The minimum Gasteiger partial charge on any atom is -0.240 e. The van der Waals surface area contributed by atoms with Gasteiger partial charge < -0.3 is 0 Å². The maximum atomic E-state index is 4.67. The van der Waals surface area contributed by atoms with Crippen LogP contribution in [0, 0.1) is 55.4 Å². The predicted octanol–water partition coefficient (Wildman–Crippen LogP) is 5.87. The summed E-state index contributed by atoms with van der Waals surface area (Å²) in [6.07, 6.45) is 15.4. The van der Waals surface area contributed by atoms with E-state index >= 15 is 0 Å². The van der Waals surface area contributed by atoms with Crippen molar-refractivity contribution in [2.45, 2.75) is 55.4 Å². The van der Waals surface area contributed by atoms with Crippen LogP contribution in [0.25, 0.3) is 0 Å². The standard InChI is InChI=1S/C34H36N12/c1-21-17-29-30(18-22(21)2)44(40-14-10-36-26(40)6)33(43(29)39-13-9-35-25(39)5)34-45(41-15-11-37-27(41)7)31-19-23(3)24(4)20-32(31)46(34)42-16-12-38-28(42)8/h9-20H,1-8H3. The van der Waals surface area contributed by atoms with Crippen molar-refractivity contribution < 1.29 is 0 Å². The summed E-state index contributed by atoms with van der Waals surface area (Å²) in [5.41, 5.74) is 8.86. The van der Waals surface area contributed by atoms with Crippen LogP contribution in [0.15, 0.2) is 85.5 Å². The van der Waals surface area contributed by atoms with E-state index in [0.29, 0.717) is 0 Å². The highest BCUT2D eigenvalue weighted by Crippen LogP contribution is 2.51. The Kier molecular flexibility index (Phi) is 5.95. The van der Waals surface area contributed by atoms with Gasteiger partial charge in [-0.2, -0.15) is 0 Å². The van der Waals surface area contributed by atoms with Gasteiger partial charge in [0, 0.05) is 49.6 Å². The zero-order valence-electron chi connectivity index (χ0n) is 27.3. The Labute approximate surface area is 267 Å². The smallest absolute Gasteiger partial charge is 0.198 e. The molecule has 4 aromatic heterocycles. The first kappa shape index (κ1) is 27.7. The molecular weight excluding hydrogens is 576 g/mol. The lowest BCUT2D eigenvalue weighted by atomic mass is 10.1. The Balaban J connectivity index is 1.58. The molecule has 6 heterocycles. The Morgan fingerprint density at radius 2 is 0.565 bits per heavy atom. The molecular formula is C34H36N12. The summed E-state index contributed by atoms with van der Waals surface area (Å²) in [5.74, 6) is 5.15. The van der Waals surface area contributed by atoms with E-state index in [1.54, 1.807) is 0 Å². The highest BCUT2D eigenvalue weighted by atomic mass is 15.8. The normalized spacial score (nSPS) is 14.3. The molecule has 2 aromatic carbocycles. The van der Waals surface area contributed by atoms with Gasteiger partial charge in [0.1, 0.15) is 23.3 Å². The summed E-state index contributed by atoms with van der Waals surface area (Å²) in [5, 5.41) is 9.01. The van der Waals surface area contributed by atoms with Gasteiger partial charge in [0.25, 0.3) is 0 Å². The van der Waals surface area contributed by atoms with E-state index in [1.165, 1.54) is 22.3 Å². The van der Waals surface area contributed by atoms with Crippen LogP contribution in [0.5, 0.6) is 0 Å². The fraction of sp³-hybridized carbons (Fsp3) is 0.235. The molecule has 0 unspecified atom stereocenters. The fourth-order valence-corrected chi connectivity index (χ4v) is 6.47. The summed E-state index contributed by atoms with van der Waals surface area (Å²) in [7, 11) is 0. The lowest BCUT2D eigenvalue weighted by Crippen LogP contribution is -2.45. The average molecular weight is 613 g/mol. The minimum absolute atomic E-state index is 0.851. The highest BCUT2D eigenvalue weighted by molar-refractivity contribution is 5.89. The van der Waals surface area contributed by atoms with E-state index in [1.807, 2.05) is 77.3 Å². The van der Waals surface area contributed by atoms with Crippen molar-refractivity contribution >= 4 is 22.7 Å². The summed E-state index contributed by atoms with van der Waals surface area (Å²) in [6.45, 7) is 16.7. The van der Waals surface area contributed by atoms with Crippen LogP contribution in [-0.2, 0) is 0 Å². The van der Waals surface area contributed by atoms with Crippen LogP contribution in [0.2, 0.25) is 0 Å². The van der Waals surface area contributed by atoms with E-state index in [0.717, 1.165) is 57.7 Å². The molecule has 0 saturated carbocycles. The largest absolute Gasteiger partial charge is 0.240 e. The van der Waals surface area contributed by atoms with Crippen LogP contribution in [-0.4, -0.2) is 38.6 Å². The van der Waals surface area contributed by atoms with E-state index < -0.39 is 0 Å². The maximum Gasteiger partial charge on any atom is 0.198 e. The molecule has 8 rings (SSSR count). The van der Waals surface area contributed by atoms with Crippen molar-refractivity contribution in [2.75, 3.05) is 20.0 Å². The van der Waals surface area contributed by atoms with Crippen LogP contribution in [0.4, 0.5) is 22.7 Å². The number of anilines is 4. The lowest BCUT2D eigenvalue weighted by Gasteiger charge is -2.35. The number of nitrogens with zero attached hydrogens (tertiary/aromatic N) is 12. The van der Waals surface area contributed by atoms with Crippen molar-refractivity contribution in [1.82, 2.24) is 38.6 Å². The molecule has 0 fully saturated rings. The third-order valence-corrected chi connectivity index (χ3v) is 9.16. The quantitative estimate of drug-likeness (QED) is 0.244. The van der Waals surface area contributed by atoms with Gasteiger partial charge in [-0.15, -0.1) is 0 Å². The van der Waals surface area contributed by atoms with Gasteiger partial charge in [-0.25, -0.2) is 58.7 Å². The Bertz CT molecular complexity index is 1890. The average Bonchev–Trinajstić information content (AvgIpc) is 3.87. The van der Waals surface area contributed by atoms with Gasteiger partial charge in [0.15, 0.2) is 11.6 Å². The Morgan fingerprint density at radius 3 is 0.739 bits per heavy atom. The molecule has 0 atom stereocenters. The van der Waals surface area contributed by atoms with Gasteiger partial charge in [-0.1, -0.05) is 0 Å². The lowest BCUT2D eigenvalue weighted by molar-refractivity contribution is 0.629. The predicted molar refractivity (Wildman–Crippen MR) is 178 cm³/mol. The number of imidazole rings is 4. The van der Waals surface area contributed by atoms with Crippen molar-refractivity contribution in [3.8, 4) is 0 Å². The fourth-order valence-electron chi connectivity index (χ4n) is 6.47. The third kappa shape index (κ3) is 3.79. The molecule has 0 radical (unpaired) electrons. The number of hydrogen-bond acceptors (Lipinski definition) is 8. The second kappa shape index (κ2) is 9.86. The number of aromatic nitrogens is 8. The molecule has 2 aliphatic rings. The van der Waals surface area contributed by atoms with E-state index in [4.69, 9.17) is 0 Å². The second-order valence-electron chi connectivity index (χ2n) is 12.0. The molecule has 0 amide bonds. The molecule has 6 aromatic rings. The number of fused-ring (bicyclic) bond motifs is 2.